The van der Waals surface area contributed by atoms with Crippen molar-refractivity contribution in [2.45, 2.75) is 51.0 Å². The summed E-state index contributed by atoms with van der Waals surface area (Å²) in [5.41, 5.74) is 3.26. The van der Waals surface area contributed by atoms with Gasteiger partial charge in [-0.2, -0.15) is 0 Å². The van der Waals surface area contributed by atoms with Gasteiger partial charge in [-0.25, -0.2) is 0 Å². The molecule has 1 N–H and O–H groups in total. The van der Waals surface area contributed by atoms with Crippen LogP contribution in [-0.2, 0) is 10.2 Å². The minimum atomic E-state index is 0.103. The number of nitrogens with zero attached hydrogens (tertiary/aromatic N) is 1. The van der Waals surface area contributed by atoms with E-state index < -0.39 is 0 Å². The van der Waals surface area contributed by atoms with Gasteiger partial charge in [0.05, 0.1) is 0 Å². The second-order valence-corrected chi connectivity index (χ2v) is 6.90. The Kier molecular flexibility index (Phi) is 4.03. The highest BCUT2D eigenvalue weighted by Gasteiger charge is 2.45. The average molecular weight is 286 g/mol. The molecule has 114 valence electrons. The summed E-state index contributed by atoms with van der Waals surface area (Å²) in [6, 6.07) is 9.48. The van der Waals surface area contributed by atoms with E-state index in [9.17, 15) is 4.79 Å². The molecular formula is C18H26N2O. The number of nitrogens with one attached hydrogen (secondary N) is 1. The number of carbonyl (C=O) groups excluding carboxylic acids is 1. The highest BCUT2D eigenvalue weighted by Crippen LogP contribution is 2.49. The first-order valence-electron chi connectivity index (χ1n) is 8.14. The molecule has 1 aliphatic carbocycles. The van der Waals surface area contributed by atoms with Gasteiger partial charge < -0.3 is 10.2 Å². The van der Waals surface area contributed by atoms with Crippen LogP contribution >= 0.6 is 0 Å². The fourth-order valence-electron chi connectivity index (χ4n) is 3.55. The van der Waals surface area contributed by atoms with Crippen molar-refractivity contribution in [1.29, 1.82) is 0 Å². The Labute approximate surface area is 127 Å². The third-order valence-electron chi connectivity index (χ3n) is 5.04. The number of piperidine rings is 1. The molecule has 2 fully saturated rings. The number of hydrogen-bond donors (Lipinski definition) is 1. The van der Waals surface area contributed by atoms with Crippen molar-refractivity contribution in [3.8, 4) is 0 Å². The SMILES string of the molecule is CC(=O)NC1CCN(CC2(c3ccc(C)cc3)CC2)CC1. The molecule has 3 rings (SSSR count). The van der Waals surface area contributed by atoms with Gasteiger partial charge in [0, 0.05) is 38.0 Å². The number of carbonyl (C=O) groups is 1. The Morgan fingerprint density at radius 3 is 2.38 bits per heavy atom. The maximum Gasteiger partial charge on any atom is 0.217 e. The summed E-state index contributed by atoms with van der Waals surface area (Å²) >= 11 is 0. The first kappa shape index (κ1) is 14.6. The molecule has 0 aromatic heterocycles. The van der Waals surface area contributed by atoms with Gasteiger partial charge in [-0.15, -0.1) is 0 Å². The molecule has 1 amide bonds. The number of benzene rings is 1. The van der Waals surface area contributed by atoms with Crippen molar-refractivity contribution in [3.63, 3.8) is 0 Å². The summed E-state index contributed by atoms with van der Waals surface area (Å²) < 4.78 is 0. The van der Waals surface area contributed by atoms with E-state index in [-0.39, 0.29) is 5.91 Å². The number of rotatable bonds is 4. The van der Waals surface area contributed by atoms with Gasteiger partial charge in [0.1, 0.15) is 0 Å². The number of likely N-dealkylation sites (tertiary alicyclic amines) is 1. The smallest absolute Gasteiger partial charge is 0.217 e. The predicted octanol–water partition coefficient (Wildman–Crippen LogP) is 2.63. The fraction of sp³-hybridized carbons (Fsp3) is 0.611. The number of hydrogen-bond acceptors (Lipinski definition) is 2. The van der Waals surface area contributed by atoms with Crippen molar-refractivity contribution >= 4 is 5.91 Å². The lowest BCUT2D eigenvalue weighted by Gasteiger charge is -2.34. The predicted molar refractivity (Wildman–Crippen MR) is 85.4 cm³/mol. The molecule has 1 saturated heterocycles. The summed E-state index contributed by atoms with van der Waals surface area (Å²) in [6.07, 6.45) is 4.82. The van der Waals surface area contributed by atoms with Crippen molar-refractivity contribution in [1.82, 2.24) is 10.2 Å². The van der Waals surface area contributed by atoms with Gasteiger partial charge in [-0.05, 0) is 38.2 Å². The van der Waals surface area contributed by atoms with Gasteiger partial charge in [-0.3, -0.25) is 4.79 Å². The topological polar surface area (TPSA) is 32.3 Å². The third-order valence-corrected chi connectivity index (χ3v) is 5.04. The minimum Gasteiger partial charge on any atom is -0.354 e. The van der Waals surface area contributed by atoms with Gasteiger partial charge in [-0.1, -0.05) is 29.8 Å². The van der Waals surface area contributed by atoms with Crippen LogP contribution < -0.4 is 5.32 Å². The standard InChI is InChI=1S/C18H26N2O/c1-14-3-5-16(6-4-14)18(9-10-18)13-20-11-7-17(8-12-20)19-15(2)21/h3-6,17H,7-13H2,1-2H3,(H,19,21). The normalized spacial score (nSPS) is 22.0. The Bertz CT molecular complexity index is 496. The molecule has 1 aromatic rings. The first-order chi connectivity index (χ1) is 10.1. The van der Waals surface area contributed by atoms with E-state index in [0.717, 1.165) is 25.9 Å². The second-order valence-electron chi connectivity index (χ2n) is 6.90. The van der Waals surface area contributed by atoms with Crippen LogP contribution in [-0.4, -0.2) is 36.5 Å². The van der Waals surface area contributed by atoms with E-state index in [1.54, 1.807) is 6.92 Å². The maximum atomic E-state index is 11.1. The zero-order valence-electron chi connectivity index (χ0n) is 13.2. The fourth-order valence-corrected chi connectivity index (χ4v) is 3.55. The lowest BCUT2D eigenvalue weighted by molar-refractivity contribution is -0.119. The van der Waals surface area contributed by atoms with E-state index in [0.29, 0.717) is 11.5 Å². The minimum absolute atomic E-state index is 0.103. The van der Waals surface area contributed by atoms with Crippen LogP contribution in [0.5, 0.6) is 0 Å². The molecule has 1 saturated carbocycles. The Hall–Kier alpha value is -1.35. The quantitative estimate of drug-likeness (QED) is 0.923. The largest absolute Gasteiger partial charge is 0.354 e. The van der Waals surface area contributed by atoms with Crippen molar-refractivity contribution < 1.29 is 4.79 Å². The van der Waals surface area contributed by atoms with Crippen LogP contribution in [0.25, 0.3) is 0 Å². The molecule has 21 heavy (non-hydrogen) atoms. The van der Waals surface area contributed by atoms with Crippen LogP contribution in [0.3, 0.4) is 0 Å². The molecule has 1 heterocycles. The van der Waals surface area contributed by atoms with Crippen LogP contribution in [0.1, 0.15) is 43.7 Å². The first-order valence-corrected chi connectivity index (χ1v) is 8.14. The van der Waals surface area contributed by atoms with Crippen LogP contribution in [0.2, 0.25) is 0 Å². The molecule has 2 aliphatic rings. The van der Waals surface area contributed by atoms with Crippen LogP contribution in [0.15, 0.2) is 24.3 Å². The van der Waals surface area contributed by atoms with Crippen molar-refractivity contribution in [3.05, 3.63) is 35.4 Å². The molecule has 1 aliphatic heterocycles. The molecule has 0 unspecified atom stereocenters. The maximum absolute atomic E-state index is 11.1. The Balaban J connectivity index is 1.55. The summed E-state index contributed by atoms with van der Waals surface area (Å²) in [7, 11) is 0. The number of amides is 1. The zero-order chi connectivity index (χ0) is 14.9. The van der Waals surface area contributed by atoms with E-state index in [1.807, 2.05) is 0 Å². The van der Waals surface area contributed by atoms with Crippen LogP contribution in [0.4, 0.5) is 0 Å². The Morgan fingerprint density at radius 1 is 1.24 bits per heavy atom. The molecule has 3 nitrogen and oxygen atoms in total. The average Bonchev–Trinajstić information content (AvgIpc) is 3.22. The highest BCUT2D eigenvalue weighted by atomic mass is 16.1. The molecule has 0 atom stereocenters. The van der Waals surface area contributed by atoms with Crippen molar-refractivity contribution in [2.24, 2.45) is 0 Å². The summed E-state index contributed by atoms with van der Waals surface area (Å²) in [4.78, 5) is 13.7. The van der Waals surface area contributed by atoms with E-state index in [1.165, 1.54) is 30.5 Å². The summed E-state index contributed by atoms with van der Waals surface area (Å²) in [5, 5.41) is 3.05. The van der Waals surface area contributed by atoms with Gasteiger partial charge in [0.15, 0.2) is 0 Å². The third kappa shape index (κ3) is 3.46. The van der Waals surface area contributed by atoms with E-state index in [4.69, 9.17) is 0 Å². The molecular weight excluding hydrogens is 260 g/mol. The van der Waals surface area contributed by atoms with E-state index >= 15 is 0 Å². The Morgan fingerprint density at radius 2 is 1.86 bits per heavy atom. The summed E-state index contributed by atoms with van der Waals surface area (Å²) in [6.45, 7) is 7.17. The molecule has 0 spiro atoms. The number of aryl methyl sites for hydroxylation is 1. The zero-order valence-corrected chi connectivity index (χ0v) is 13.2. The highest BCUT2D eigenvalue weighted by molar-refractivity contribution is 5.73. The lowest BCUT2D eigenvalue weighted by Crippen LogP contribution is -2.46. The molecule has 0 bridgehead atoms. The molecule has 0 radical (unpaired) electrons. The van der Waals surface area contributed by atoms with Crippen LogP contribution in [0, 0.1) is 6.92 Å². The van der Waals surface area contributed by atoms with Gasteiger partial charge >= 0.3 is 0 Å². The summed E-state index contributed by atoms with van der Waals surface area (Å²) in [5.74, 6) is 0.103. The second kappa shape index (κ2) is 5.80. The molecule has 3 heteroatoms. The van der Waals surface area contributed by atoms with E-state index in [2.05, 4.69) is 41.4 Å². The van der Waals surface area contributed by atoms with Gasteiger partial charge in [0.25, 0.3) is 0 Å². The monoisotopic (exact) mass is 286 g/mol. The van der Waals surface area contributed by atoms with Crippen molar-refractivity contribution in [2.75, 3.05) is 19.6 Å². The lowest BCUT2D eigenvalue weighted by atomic mass is 9.93. The van der Waals surface area contributed by atoms with Gasteiger partial charge in [0.2, 0.25) is 5.91 Å². The molecule has 1 aromatic carbocycles.